The van der Waals surface area contributed by atoms with E-state index in [0.29, 0.717) is 17.7 Å². The van der Waals surface area contributed by atoms with E-state index in [4.69, 9.17) is 0 Å². The first-order valence-corrected chi connectivity index (χ1v) is 10.3. The number of nitrogens with one attached hydrogen (secondary N) is 2. The van der Waals surface area contributed by atoms with E-state index in [2.05, 4.69) is 10.0 Å². The summed E-state index contributed by atoms with van der Waals surface area (Å²) in [5.74, 6) is -1.21. The lowest BCUT2D eigenvalue weighted by molar-refractivity contribution is -0.118. The Kier molecular flexibility index (Phi) is 6.73. The van der Waals surface area contributed by atoms with E-state index in [-0.39, 0.29) is 10.8 Å². The van der Waals surface area contributed by atoms with Gasteiger partial charge in [-0.3, -0.25) is 4.79 Å². The maximum absolute atomic E-state index is 13.7. The number of aryl methyl sites for hydroxylation is 1. The summed E-state index contributed by atoms with van der Waals surface area (Å²) in [5.41, 5.74) is 1.56. The highest BCUT2D eigenvalue weighted by Crippen LogP contribution is 2.20. The summed E-state index contributed by atoms with van der Waals surface area (Å²) < 4.78 is 41.6. The van der Waals surface area contributed by atoms with Crippen LogP contribution in [0, 0.1) is 25.6 Å². The second-order valence-electron chi connectivity index (χ2n) is 6.70. The van der Waals surface area contributed by atoms with Crippen LogP contribution in [0.2, 0.25) is 0 Å². The molecule has 2 atom stereocenters. The molecule has 0 spiro atoms. The molecule has 0 saturated carbocycles. The number of anilines is 1. The summed E-state index contributed by atoms with van der Waals surface area (Å²) in [6.45, 7) is 7.08. The van der Waals surface area contributed by atoms with Crippen molar-refractivity contribution in [2.24, 2.45) is 5.92 Å². The molecule has 1 amide bonds. The lowest BCUT2D eigenvalue weighted by Gasteiger charge is -2.24. The van der Waals surface area contributed by atoms with E-state index in [0.717, 1.165) is 5.56 Å². The quantitative estimate of drug-likeness (QED) is 0.753. The molecule has 2 N–H and O–H groups in total. The van der Waals surface area contributed by atoms with Crippen LogP contribution in [0.5, 0.6) is 0 Å². The van der Waals surface area contributed by atoms with Gasteiger partial charge in [0.15, 0.2) is 0 Å². The van der Waals surface area contributed by atoms with E-state index in [1.54, 1.807) is 32.0 Å². The lowest BCUT2D eigenvalue weighted by Crippen LogP contribution is -2.47. The van der Waals surface area contributed by atoms with Crippen LogP contribution in [-0.2, 0) is 14.8 Å². The summed E-state index contributed by atoms with van der Waals surface area (Å²) in [4.78, 5) is 12.9. The fourth-order valence-corrected chi connectivity index (χ4v) is 3.87. The summed E-state index contributed by atoms with van der Waals surface area (Å²) >= 11 is 0. The molecule has 7 heteroatoms. The Morgan fingerprint density at radius 2 is 1.74 bits per heavy atom. The predicted octanol–water partition coefficient (Wildman–Crippen LogP) is 3.77. The van der Waals surface area contributed by atoms with Gasteiger partial charge in [-0.25, -0.2) is 12.8 Å². The van der Waals surface area contributed by atoms with Gasteiger partial charge >= 0.3 is 0 Å². The standard InChI is InChI=1S/C20H25FN2O3S/c1-5-14(3)19(20(24)22-18-8-6-7-17(21)15(18)4)23-27(25,26)16-11-9-13(2)10-12-16/h6-12,14,19,23H,5H2,1-4H3,(H,22,24). The second-order valence-corrected chi connectivity index (χ2v) is 8.41. The monoisotopic (exact) mass is 392 g/mol. The van der Waals surface area contributed by atoms with Crippen LogP contribution in [0.25, 0.3) is 0 Å². The van der Waals surface area contributed by atoms with Crippen LogP contribution in [0.15, 0.2) is 47.4 Å². The molecule has 0 saturated heterocycles. The van der Waals surface area contributed by atoms with Gasteiger partial charge < -0.3 is 5.32 Å². The van der Waals surface area contributed by atoms with Crippen molar-refractivity contribution in [2.75, 3.05) is 5.32 Å². The Bertz CT molecular complexity index is 911. The van der Waals surface area contributed by atoms with Crippen LogP contribution >= 0.6 is 0 Å². The third kappa shape index (κ3) is 5.14. The Labute approximate surface area is 160 Å². The van der Waals surface area contributed by atoms with Gasteiger partial charge in [-0.1, -0.05) is 44.0 Å². The number of hydrogen-bond donors (Lipinski definition) is 2. The molecule has 146 valence electrons. The van der Waals surface area contributed by atoms with Gasteiger partial charge in [0.2, 0.25) is 15.9 Å². The van der Waals surface area contributed by atoms with Gasteiger partial charge in [0.05, 0.1) is 4.90 Å². The van der Waals surface area contributed by atoms with Crippen LogP contribution in [-0.4, -0.2) is 20.4 Å². The zero-order valence-electron chi connectivity index (χ0n) is 15.9. The predicted molar refractivity (Wildman–Crippen MR) is 105 cm³/mol. The summed E-state index contributed by atoms with van der Waals surface area (Å²) in [7, 11) is -3.87. The number of hydrogen-bond acceptors (Lipinski definition) is 3. The van der Waals surface area contributed by atoms with Gasteiger partial charge in [-0.15, -0.1) is 0 Å². The van der Waals surface area contributed by atoms with Crippen molar-refractivity contribution in [3.05, 3.63) is 59.4 Å². The number of halogens is 1. The Morgan fingerprint density at radius 3 is 2.33 bits per heavy atom. The smallest absolute Gasteiger partial charge is 0.242 e. The second kappa shape index (κ2) is 8.63. The Hall–Kier alpha value is -2.25. The van der Waals surface area contributed by atoms with Crippen molar-refractivity contribution in [1.29, 1.82) is 0 Å². The topological polar surface area (TPSA) is 75.3 Å². The molecule has 0 radical (unpaired) electrons. The molecule has 27 heavy (non-hydrogen) atoms. The molecule has 0 bridgehead atoms. The van der Waals surface area contributed by atoms with Crippen LogP contribution in [0.4, 0.5) is 10.1 Å². The van der Waals surface area contributed by atoms with Gasteiger partial charge in [0.25, 0.3) is 0 Å². The van der Waals surface area contributed by atoms with Crippen molar-refractivity contribution in [1.82, 2.24) is 4.72 Å². The maximum Gasteiger partial charge on any atom is 0.242 e. The molecule has 2 aromatic carbocycles. The van der Waals surface area contributed by atoms with Crippen molar-refractivity contribution in [3.8, 4) is 0 Å². The van der Waals surface area contributed by atoms with E-state index < -0.39 is 27.8 Å². The number of benzene rings is 2. The molecule has 5 nitrogen and oxygen atoms in total. The number of carbonyl (C=O) groups is 1. The fraction of sp³-hybridized carbons (Fsp3) is 0.350. The molecule has 2 unspecified atom stereocenters. The fourth-order valence-electron chi connectivity index (χ4n) is 2.57. The molecular weight excluding hydrogens is 367 g/mol. The molecule has 0 aliphatic carbocycles. The van der Waals surface area contributed by atoms with Crippen LogP contribution in [0.1, 0.15) is 31.4 Å². The van der Waals surface area contributed by atoms with E-state index >= 15 is 0 Å². The van der Waals surface area contributed by atoms with Crippen LogP contribution in [0.3, 0.4) is 0 Å². The molecule has 0 fully saturated rings. The van der Waals surface area contributed by atoms with Crippen molar-refractivity contribution in [3.63, 3.8) is 0 Å². The van der Waals surface area contributed by atoms with Crippen molar-refractivity contribution < 1.29 is 17.6 Å². The average Bonchev–Trinajstić information content (AvgIpc) is 2.63. The molecule has 2 aromatic rings. The SMILES string of the molecule is CCC(C)C(NS(=O)(=O)c1ccc(C)cc1)C(=O)Nc1cccc(F)c1C. The van der Waals surface area contributed by atoms with Gasteiger partial charge in [0.1, 0.15) is 11.9 Å². The first-order valence-electron chi connectivity index (χ1n) is 8.80. The minimum atomic E-state index is -3.87. The normalized spacial score (nSPS) is 13.8. The van der Waals surface area contributed by atoms with Gasteiger partial charge in [-0.05, 0) is 44.0 Å². The summed E-state index contributed by atoms with van der Waals surface area (Å²) in [5, 5.41) is 2.64. The highest BCUT2D eigenvalue weighted by atomic mass is 32.2. The third-order valence-corrected chi connectivity index (χ3v) is 6.09. The minimum Gasteiger partial charge on any atom is -0.324 e. The van der Waals surface area contributed by atoms with Crippen molar-refractivity contribution in [2.45, 2.75) is 45.1 Å². The first kappa shape index (κ1) is 21.1. The molecule has 2 rings (SSSR count). The van der Waals surface area contributed by atoms with Crippen molar-refractivity contribution >= 4 is 21.6 Å². The van der Waals surface area contributed by atoms with Crippen LogP contribution < -0.4 is 10.0 Å². The number of carbonyl (C=O) groups excluding carboxylic acids is 1. The Balaban J connectivity index is 2.28. The van der Waals surface area contributed by atoms with E-state index in [9.17, 15) is 17.6 Å². The molecule has 0 heterocycles. The molecular formula is C20H25FN2O3S. The molecule has 0 aliphatic rings. The number of sulfonamides is 1. The molecule has 0 aliphatic heterocycles. The number of amides is 1. The highest BCUT2D eigenvalue weighted by molar-refractivity contribution is 7.89. The lowest BCUT2D eigenvalue weighted by atomic mass is 9.99. The molecule has 0 aromatic heterocycles. The van der Waals surface area contributed by atoms with Gasteiger partial charge in [0, 0.05) is 11.3 Å². The Morgan fingerprint density at radius 1 is 1.11 bits per heavy atom. The summed E-state index contributed by atoms with van der Waals surface area (Å²) in [6, 6.07) is 9.79. The number of rotatable bonds is 7. The van der Waals surface area contributed by atoms with Gasteiger partial charge in [-0.2, -0.15) is 4.72 Å². The first-order chi connectivity index (χ1) is 12.7. The zero-order chi connectivity index (χ0) is 20.2. The average molecular weight is 392 g/mol. The van der Waals surface area contributed by atoms with E-state index in [1.807, 2.05) is 13.8 Å². The highest BCUT2D eigenvalue weighted by Gasteiger charge is 2.30. The minimum absolute atomic E-state index is 0.0936. The maximum atomic E-state index is 13.7. The van der Waals surface area contributed by atoms with E-state index in [1.165, 1.54) is 24.3 Å². The third-order valence-electron chi connectivity index (χ3n) is 4.63. The summed E-state index contributed by atoms with van der Waals surface area (Å²) in [6.07, 6.45) is 0.594. The zero-order valence-corrected chi connectivity index (χ0v) is 16.7. The largest absolute Gasteiger partial charge is 0.324 e.